The third kappa shape index (κ3) is 3.84. The summed E-state index contributed by atoms with van der Waals surface area (Å²) >= 11 is 5.96. The molecule has 1 aliphatic rings. The minimum atomic E-state index is -3.75. The van der Waals surface area contributed by atoms with E-state index in [9.17, 15) is 22.0 Å². The van der Waals surface area contributed by atoms with Gasteiger partial charge in [0.05, 0.1) is 31.2 Å². The van der Waals surface area contributed by atoms with E-state index in [-0.39, 0.29) is 29.1 Å². The minimum Gasteiger partial charge on any atom is -0.464 e. The third-order valence-electron chi connectivity index (χ3n) is 3.90. The summed E-state index contributed by atoms with van der Waals surface area (Å²) in [5, 5.41) is -0.0299. The molecule has 10 heteroatoms. The van der Waals surface area contributed by atoms with Gasteiger partial charge in [-0.2, -0.15) is 0 Å². The molecular weight excluding hydrogens is 354 g/mol. The molecule has 1 fully saturated rings. The number of aromatic amines is 1. The van der Waals surface area contributed by atoms with Crippen molar-refractivity contribution in [1.82, 2.24) is 9.71 Å². The number of halogens is 3. The number of sulfonamides is 1. The smallest absolute Gasteiger partial charge is 0.356 e. The number of nitrogens with one attached hydrogen (secondary N) is 2. The van der Waals surface area contributed by atoms with Crippen molar-refractivity contribution in [3.63, 3.8) is 0 Å². The molecule has 0 spiro atoms. The molecule has 0 aromatic carbocycles. The van der Waals surface area contributed by atoms with Crippen LogP contribution in [0.25, 0.3) is 0 Å². The summed E-state index contributed by atoms with van der Waals surface area (Å²) in [7, 11) is -2.58. The first kappa shape index (κ1) is 18.2. The molecule has 0 amide bonds. The summed E-state index contributed by atoms with van der Waals surface area (Å²) in [5.74, 6) is -1.16. The van der Waals surface area contributed by atoms with E-state index in [0.29, 0.717) is 0 Å². The van der Waals surface area contributed by atoms with Gasteiger partial charge in [-0.1, -0.05) is 11.6 Å². The number of aromatic nitrogens is 1. The van der Waals surface area contributed by atoms with Crippen LogP contribution >= 0.6 is 11.6 Å². The van der Waals surface area contributed by atoms with Crippen molar-refractivity contribution in [3.8, 4) is 0 Å². The van der Waals surface area contributed by atoms with E-state index in [1.54, 1.807) is 0 Å². The molecule has 0 bridgehead atoms. The maximum Gasteiger partial charge on any atom is 0.356 e. The van der Waals surface area contributed by atoms with Gasteiger partial charge in [-0.3, -0.25) is 8.78 Å². The predicted octanol–water partition coefficient (Wildman–Crippen LogP) is 1.96. The normalized spacial score (nSPS) is 17.7. The second kappa shape index (κ2) is 6.74. The Morgan fingerprint density at radius 1 is 1.48 bits per heavy atom. The second-order valence-electron chi connectivity index (χ2n) is 5.74. The highest BCUT2D eigenvalue weighted by atomic mass is 35.5. The molecule has 1 heterocycles. The van der Waals surface area contributed by atoms with Crippen LogP contribution in [-0.4, -0.2) is 45.9 Å². The molecule has 1 saturated carbocycles. The number of esters is 1. The van der Waals surface area contributed by atoms with Crippen molar-refractivity contribution >= 4 is 27.6 Å². The van der Waals surface area contributed by atoms with E-state index in [1.165, 1.54) is 13.3 Å². The average Bonchev–Trinajstić information content (AvgIpc) is 2.82. The second-order valence-corrected chi connectivity index (χ2v) is 7.88. The Labute approximate surface area is 137 Å². The van der Waals surface area contributed by atoms with Crippen molar-refractivity contribution in [3.05, 3.63) is 22.5 Å². The number of hydrogen-bond donors (Lipinski definition) is 2. The van der Waals surface area contributed by atoms with Crippen molar-refractivity contribution < 1.29 is 26.7 Å². The lowest BCUT2D eigenvalue weighted by Gasteiger charge is -2.44. The molecule has 2 rings (SSSR count). The zero-order valence-electron chi connectivity index (χ0n) is 12.4. The Morgan fingerprint density at radius 3 is 2.61 bits per heavy atom. The molecule has 1 aromatic rings. The average molecular weight is 371 g/mol. The van der Waals surface area contributed by atoms with Crippen LogP contribution in [0, 0.1) is 5.41 Å². The van der Waals surface area contributed by atoms with Crippen molar-refractivity contribution in [2.75, 3.05) is 20.5 Å². The van der Waals surface area contributed by atoms with Crippen LogP contribution in [0.2, 0.25) is 5.02 Å². The first-order valence-electron chi connectivity index (χ1n) is 6.82. The molecule has 1 aromatic heterocycles. The van der Waals surface area contributed by atoms with Crippen LogP contribution in [0.4, 0.5) is 8.78 Å². The predicted molar refractivity (Wildman–Crippen MR) is 80.3 cm³/mol. The molecule has 0 aliphatic heterocycles. The van der Waals surface area contributed by atoms with Gasteiger partial charge in [-0.25, -0.2) is 17.9 Å². The van der Waals surface area contributed by atoms with Gasteiger partial charge in [0, 0.05) is 23.2 Å². The fourth-order valence-corrected chi connectivity index (χ4v) is 4.35. The summed E-state index contributed by atoms with van der Waals surface area (Å²) in [6.45, 7) is -1.62. The largest absolute Gasteiger partial charge is 0.464 e. The minimum absolute atomic E-state index is 0.0299. The summed E-state index contributed by atoms with van der Waals surface area (Å²) in [4.78, 5) is 14.0. The first-order chi connectivity index (χ1) is 10.8. The Morgan fingerprint density at radius 2 is 2.09 bits per heavy atom. The fourth-order valence-electron chi connectivity index (χ4n) is 2.63. The van der Waals surface area contributed by atoms with E-state index in [1.807, 2.05) is 0 Å². The van der Waals surface area contributed by atoms with Crippen LogP contribution in [0.5, 0.6) is 0 Å². The Bertz CT molecular complexity index is 680. The number of H-pyrrole nitrogens is 1. The molecule has 2 N–H and O–H groups in total. The van der Waals surface area contributed by atoms with E-state index < -0.39 is 46.6 Å². The molecule has 6 nitrogen and oxygen atoms in total. The lowest BCUT2D eigenvalue weighted by molar-refractivity contribution is 0.0334. The zero-order chi connectivity index (χ0) is 17.3. The lowest BCUT2D eigenvalue weighted by atomic mass is 9.67. The molecule has 0 saturated heterocycles. The number of carbonyl (C=O) groups excluding carboxylic acids is 1. The van der Waals surface area contributed by atoms with Gasteiger partial charge in [-0.05, 0) is 12.8 Å². The molecule has 0 radical (unpaired) electrons. The van der Waals surface area contributed by atoms with Gasteiger partial charge in [0.2, 0.25) is 10.0 Å². The van der Waals surface area contributed by atoms with Gasteiger partial charge < -0.3 is 9.72 Å². The van der Waals surface area contributed by atoms with Crippen molar-refractivity contribution in [1.29, 1.82) is 0 Å². The van der Waals surface area contributed by atoms with Gasteiger partial charge >= 0.3 is 5.97 Å². The van der Waals surface area contributed by atoms with Crippen LogP contribution in [0.1, 0.15) is 28.9 Å². The van der Waals surface area contributed by atoms with Crippen LogP contribution in [0.15, 0.2) is 6.20 Å². The fraction of sp³-hybridized carbons (Fsp3) is 0.615. The first-order valence-corrected chi connectivity index (χ1v) is 8.85. The molecule has 1 aliphatic carbocycles. The highest BCUT2D eigenvalue weighted by Gasteiger charge is 2.46. The summed E-state index contributed by atoms with van der Waals surface area (Å²) in [5.41, 5.74) is -0.880. The van der Waals surface area contributed by atoms with E-state index in [4.69, 9.17) is 11.6 Å². The van der Waals surface area contributed by atoms with Crippen molar-refractivity contribution in [2.24, 2.45) is 5.41 Å². The Hall–Kier alpha value is -1.19. The number of alkyl halides is 2. The number of carbonyl (C=O) groups is 1. The third-order valence-corrected chi connectivity index (χ3v) is 5.71. The highest BCUT2D eigenvalue weighted by molar-refractivity contribution is 7.88. The molecule has 0 unspecified atom stereocenters. The number of methoxy groups -OCH3 is 1. The van der Waals surface area contributed by atoms with Gasteiger partial charge in [0.25, 0.3) is 0 Å². The zero-order valence-corrected chi connectivity index (χ0v) is 13.9. The molecule has 23 heavy (non-hydrogen) atoms. The number of rotatable bonds is 7. The summed E-state index contributed by atoms with van der Waals surface area (Å²) in [6, 6.07) is -0.496. The van der Waals surface area contributed by atoms with Gasteiger partial charge in [0.1, 0.15) is 5.69 Å². The monoisotopic (exact) mass is 370 g/mol. The number of ether oxygens (including phenoxy) is 1. The summed E-state index contributed by atoms with van der Waals surface area (Å²) < 4.78 is 56.6. The Kier molecular flexibility index (Phi) is 5.32. The van der Waals surface area contributed by atoms with E-state index in [2.05, 4.69) is 14.4 Å². The maximum absolute atomic E-state index is 12.7. The van der Waals surface area contributed by atoms with Crippen LogP contribution < -0.4 is 4.72 Å². The van der Waals surface area contributed by atoms with Crippen LogP contribution in [-0.2, 0) is 20.5 Å². The molecule has 130 valence electrons. The highest BCUT2D eigenvalue weighted by Crippen LogP contribution is 2.42. The van der Waals surface area contributed by atoms with E-state index in [0.717, 1.165) is 0 Å². The number of hydrogen-bond acceptors (Lipinski definition) is 4. The summed E-state index contributed by atoms with van der Waals surface area (Å²) in [6.07, 6.45) is 1.54. The SMILES string of the molecule is COC(=O)c1[nH]cc(CS(=O)(=O)NC2CC(CF)(CF)C2)c1Cl. The van der Waals surface area contributed by atoms with E-state index >= 15 is 0 Å². The standard InChI is InChI=1S/C13H17ClF2N2O4S/c1-22-12(19)11-10(14)8(4-17-11)5-23(20,21)18-9-2-13(3-9,6-15)7-16/h4,9,17-18H,2-3,5-7H2,1H3. The van der Waals surface area contributed by atoms with Gasteiger partial charge in [-0.15, -0.1) is 0 Å². The topological polar surface area (TPSA) is 88.3 Å². The maximum atomic E-state index is 12.7. The van der Waals surface area contributed by atoms with Gasteiger partial charge in [0.15, 0.2) is 0 Å². The quantitative estimate of drug-likeness (QED) is 0.718. The molecule has 0 atom stereocenters. The Balaban J connectivity index is 2.00. The van der Waals surface area contributed by atoms with Crippen molar-refractivity contribution in [2.45, 2.75) is 24.6 Å². The van der Waals surface area contributed by atoms with Crippen LogP contribution in [0.3, 0.4) is 0 Å². The molecular formula is C13H17ClF2N2O4S. The lowest BCUT2D eigenvalue weighted by Crippen LogP contribution is -2.53.